The Balaban J connectivity index is 2.58. The van der Waals surface area contributed by atoms with Gasteiger partial charge in [0.2, 0.25) is 0 Å². The molecule has 1 unspecified atom stereocenters. The van der Waals surface area contributed by atoms with Crippen molar-refractivity contribution in [3.8, 4) is 5.75 Å². The molecular formula is C11H13NO3. The molecule has 0 aliphatic heterocycles. The highest BCUT2D eigenvalue weighted by atomic mass is 16.5. The Kier molecular flexibility index (Phi) is 2.62. The van der Waals surface area contributed by atoms with Gasteiger partial charge in [-0.3, -0.25) is 0 Å². The lowest BCUT2D eigenvalue weighted by atomic mass is 10.1. The second-order valence-corrected chi connectivity index (χ2v) is 3.31. The molecular weight excluding hydrogens is 194 g/mol. The van der Waals surface area contributed by atoms with Crippen molar-refractivity contribution in [1.29, 1.82) is 0 Å². The maximum Gasteiger partial charge on any atom is 0.175 e. The van der Waals surface area contributed by atoms with Crippen LogP contribution in [0.15, 0.2) is 28.9 Å². The Labute approximate surface area is 87.2 Å². The van der Waals surface area contributed by atoms with Crippen LogP contribution in [0.3, 0.4) is 0 Å². The van der Waals surface area contributed by atoms with Gasteiger partial charge >= 0.3 is 0 Å². The summed E-state index contributed by atoms with van der Waals surface area (Å²) >= 11 is 0. The number of nitrogens with two attached hydrogens (primary N) is 1. The van der Waals surface area contributed by atoms with E-state index in [2.05, 4.69) is 0 Å². The van der Waals surface area contributed by atoms with E-state index in [0.717, 1.165) is 10.9 Å². The molecule has 0 aliphatic carbocycles. The summed E-state index contributed by atoms with van der Waals surface area (Å²) in [7, 11) is 1.57. The molecule has 2 aromatic rings. The summed E-state index contributed by atoms with van der Waals surface area (Å²) in [4.78, 5) is 0. The first kappa shape index (κ1) is 10.0. The molecule has 0 spiro atoms. The van der Waals surface area contributed by atoms with Gasteiger partial charge in [-0.25, -0.2) is 0 Å². The van der Waals surface area contributed by atoms with Gasteiger partial charge in [0.25, 0.3) is 0 Å². The maximum atomic E-state index is 9.64. The van der Waals surface area contributed by atoms with E-state index in [-0.39, 0.29) is 6.54 Å². The minimum atomic E-state index is -0.668. The molecule has 1 atom stereocenters. The van der Waals surface area contributed by atoms with Gasteiger partial charge < -0.3 is 20.0 Å². The van der Waals surface area contributed by atoms with E-state index in [1.54, 1.807) is 19.4 Å². The largest absolute Gasteiger partial charge is 0.493 e. The SMILES string of the molecule is COc1cc(C(O)CN)cc2ccoc12. The van der Waals surface area contributed by atoms with Gasteiger partial charge in [0.05, 0.1) is 19.5 Å². The van der Waals surface area contributed by atoms with Gasteiger partial charge in [-0.2, -0.15) is 0 Å². The lowest BCUT2D eigenvalue weighted by molar-refractivity contribution is 0.186. The van der Waals surface area contributed by atoms with E-state index >= 15 is 0 Å². The molecule has 0 saturated heterocycles. The van der Waals surface area contributed by atoms with E-state index in [9.17, 15) is 5.11 Å². The van der Waals surface area contributed by atoms with Crippen LogP contribution in [-0.2, 0) is 0 Å². The molecule has 4 heteroatoms. The Morgan fingerprint density at radius 3 is 3.00 bits per heavy atom. The number of rotatable bonds is 3. The minimum absolute atomic E-state index is 0.187. The molecule has 80 valence electrons. The predicted octanol–water partition coefficient (Wildman–Crippen LogP) is 1.43. The molecule has 0 fully saturated rings. The van der Waals surface area contributed by atoms with E-state index < -0.39 is 6.10 Å². The Bertz CT molecular complexity index is 464. The lowest BCUT2D eigenvalue weighted by Gasteiger charge is -2.10. The first-order valence-electron chi connectivity index (χ1n) is 4.69. The van der Waals surface area contributed by atoms with Crippen LogP contribution in [-0.4, -0.2) is 18.8 Å². The zero-order chi connectivity index (χ0) is 10.8. The fourth-order valence-electron chi connectivity index (χ4n) is 1.55. The maximum absolute atomic E-state index is 9.64. The van der Waals surface area contributed by atoms with E-state index in [4.69, 9.17) is 14.9 Å². The number of ether oxygens (including phenoxy) is 1. The van der Waals surface area contributed by atoms with Crippen LogP contribution in [0, 0.1) is 0 Å². The highest BCUT2D eigenvalue weighted by molar-refractivity contribution is 5.84. The van der Waals surface area contributed by atoms with Crippen molar-refractivity contribution in [2.75, 3.05) is 13.7 Å². The number of benzene rings is 1. The molecule has 0 aliphatic rings. The average Bonchev–Trinajstić information content (AvgIpc) is 2.74. The summed E-state index contributed by atoms with van der Waals surface area (Å²) in [6, 6.07) is 5.41. The zero-order valence-electron chi connectivity index (χ0n) is 8.43. The summed E-state index contributed by atoms with van der Waals surface area (Å²) < 4.78 is 10.4. The number of fused-ring (bicyclic) bond motifs is 1. The first-order valence-corrected chi connectivity index (χ1v) is 4.69. The van der Waals surface area contributed by atoms with Crippen LogP contribution in [0.1, 0.15) is 11.7 Å². The second-order valence-electron chi connectivity index (χ2n) is 3.31. The molecule has 2 rings (SSSR count). The van der Waals surface area contributed by atoms with Gasteiger partial charge in [-0.1, -0.05) is 0 Å². The lowest BCUT2D eigenvalue weighted by Crippen LogP contribution is -2.11. The summed E-state index contributed by atoms with van der Waals surface area (Å²) in [5.74, 6) is 0.611. The van der Waals surface area contributed by atoms with Crippen LogP contribution in [0.25, 0.3) is 11.0 Å². The van der Waals surface area contributed by atoms with Crippen molar-refractivity contribution >= 4 is 11.0 Å². The topological polar surface area (TPSA) is 68.6 Å². The van der Waals surface area contributed by atoms with Crippen molar-refractivity contribution in [2.45, 2.75) is 6.10 Å². The van der Waals surface area contributed by atoms with Crippen LogP contribution in [0.5, 0.6) is 5.75 Å². The molecule has 1 aromatic heterocycles. The normalized spacial score (nSPS) is 13.0. The van der Waals surface area contributed by atoms with Gasteiger partial charge in [-0.15, -0.1) is 0 Å². The summed E-state index contributed by atoms with van der Waals surface area (Å²) in [6.45, 7) is 0.187. The molecule has 1 heterocycles. The number of methoxy groups -OCH3 is 1. The average molecular weight is 207 g/mol. The fraction of sp³-hybridized carbons (Fsp3) is 0.273. The van der Waals surface area contributed by atoms with E-state index in [0.29, 0.717) is 11.3 Å². The number of aliphatic hydroxyl groups is 1. The smallest absolute Gasteiger partial charge is 0.175 e. The van der Waals surface area contributed by atoms with Gasteiger partial charge in [-0.05, 0) is 23.8 Å². The number of hydrogen-bond acceptors (Lipinski definition) is 4. The molecule has 4 nitrogen and oxygen atoms in total. The van der Waals surface area contributed by atoms with Crippen LogP contribution in [0.2, 0.25) is 0 Å². The second kappa shape index (κ2) is 3.92. The summed E-state index contributed by atoms with van der Waals surface area (Å²) in [5.41, 5.74) is 6.83. The van der Waals surface area contributed by atoms with Crippen LogP contribution < -0.4 is 10.5 Å². The molecule has 0 amide bonds. The third kappa shape index (κ3) is 1.69. The molecule has 0 bridgehead atoms. The molecule has 15 heavy (non-hydrogen) atoms. The van der Waals surface area contributed by atoms with Crippen LogP contribution >= 0.6 is 0 Å². The molecule has 0 radical (unpaired) electrons. The fourth-order valence-corrected chi connectivity index (χ4v) is 1.55. The Hall–Kier alpha value is -1.52. The molecule has 1 aromatic carbocycles. The van der Waals surface area contributed by atoms with Gasteiger partial charge in [0, 0.05) is 11.9 Å². The van der Waals surface area contributed by atoms with Gasteiger partial charge in [0.15, 0.2) is 11.3 Å². The highest BCUT2D eigenvalue weighted by Gasteiger charge is 2.11. The predicted molar refractivity (Wildman–Crippen MR) is 56.8 cm³/mol. The van der Waals surface area contributed by atoms with Crippen molar-refractivity contribution in [2.24, 2.45) is 5.73 Å². The first-order chi connectivity index (χ1) is 7.26. The monoisotopic (exact) mass is 207 g/mol. The Morgan fingerprint density at radius 2 is 2.33 bits per heavy atom. The molecule has 3 N–H and O–H groups in total. The minimum Gasteiger partial charge on any atom is -0.493 e. The zero-order valence-corrected chi connectivity index (χ0v) is 8.43. The highest BCUT2D eigenvalue weighted by Crippen LogP contribution is 2.30. The summed E-state index contributed by atoms with van der Waals surface area (Å²) in [6.07, 6.45) is 0.921. The van der Waals surface area contributed by atoms with Gasteiger partial charge in [0.1, 0.15) is 0 Å². The van der Waals surface area contributed by atoms with Crippen LogP contribution in [0.4, 0.5) is 0 Å². The standard InChI is InChI=1S/C11H13NO3/c1-14-10-5-8(9(13)6-12)4-7-2-3-15-11(7)10/h2-5,9,13H,6,12H2,1H3. The van der Waals surface area contributed by atoms with Crippen molar-refractivity contribution in [1.82, 2.24) is 0 Å². The number of furan rings is 1. The van der Waals surface area contributed by atoms with Crippen molar-refractivity contribution < 1.29 is 14.3 Å². The molecule has 0 saturated carbocycles. The third-order valence-electron chi connectivity index (χ3n) is 2.37. The number of aliphatic hydroxyl groups excluding tert-OH is 1. The third-order valence-corrected chi connectivity index (χ3v) is 2.37. The van der Waals surface area contributed by atoms with E-state index in [1.165, 1.54) is 0 Å². The van der Waals surface area contributed by atoms with Crippen molar-refractivity contribution in [3.63, 3.8) is 0 Å². The Morgan fingerprint density at radius 1 is 1.53 bits per heavy atom. The summed E-state index contributed by atoms with van der Waals surface area (Å²) in [5, 5.41) is 10.5. The van der Waals surface area contributed by atoms with E-state index in [1.807, 2.05) is 12.1 Å². The quantitative estimate of drug-likeness (QED) is 0.798. The number of hydrogen-bond donors (Lipinski definition) is 2. The van der Waals surface area contributed by atoms with Crippen molar-refractivity contribution in [3.05, 3.63) is 30.0 Å².